The third-order valence-corrected chi connectivity index (χ3v) is 2.52. The lowest BCUT2D eigenvalue weighted by molar-refractivity contribution is -0.0599. The maximum absolute atomic E-state index is 8.72. The summed E-state index contributed by atoms with van der Waals surface area (Å²) < 4.78 is 0. The molecule has 0 aliphatic carbocycles. The van der Waals surface area contributed by atoms with Crippen molar-refractivity contribution < 1.29 is 10.2 Å². The van der Waals surface area contributed by atoms with Crippen LogP contribution in [0.2, 0.25) is 0 Å². The number of hydrogen-bond donors (Lipinski definition) is 3. The van der Waals surface area contributed by atoms with Crippen molar-refractivity contribution in [1.82, 2.24) is 0 Å². The van der Waals surface area contributed by atoms with Gasteiger partial charge in [-0.15, -0.1) is 0 Å². The molecule has 0 aliphatic heterocycles. The molecule has 3 nitrogen and oxygen atoms in total. The minimum atomic E-state index is -1.35. The van der Waals surface area contributed by atoms with Crippen LogP contribution < -0.4 is 5.73 Å². The van der Waals surface area contributed by atoms with E-state index >= 15 is 0 Å². The molecule has 0 saturated carbocycles. The zero-order chi connectivity index (χ0) is 10.8. The van der Waals surface area contributed by atoms with Crippen LogP contribution in [0.1, 0.15) is 58.3 Å². The van der Waals surface area contributed by atoms with E-state index in [1.165, 1.54) is 32.1 Å². The van der Waals surface area contributed by atoms with Gasteiger partial charge in [0.05, 0.1) is 6.04 Å². The van der Waals surface area contributed by atoms with Crippen molar-refractivity contribution in [3.8, 4) is 0 Å². The third-order valence-electron chi connectivity index (χ3n) is 2.52. The Morgan fingerprint density at radius 3 is 1.93 bits per heavy atom. The highest BCUT2D eigenvalue weighted by Gasteiger charge is 2.09. The van der Waals surface area contributed by atoms with Gasteiger partial charge in [-0.05, 0) is 6.42 Å². The smallest absolute Gasteiger partial charge is 0.166 e. The highest BCUT2D eigenvalue weighted by Crippen LogP contribution is 2.09. The minimum Gasteiger partial charge on any atom is -0.367 e. The molecule has 0 aromatic heterocycles. The summed E-state index contributed by atoms with van der Waals surface area (Å²) in [6, 6.07) is -0.467. The lowest BCUT2D eigenvalue weighted by atomic mass is 10.1. The summed E-state index contributed by atoms with van der Waals surface area (Å²) in [5.41, 5.74) is 5.48. The van der Waals surface area contributed by atoms with Crippen molar-refractivity contribution in [3.05, 3.63) is 0 Å². The standard InChI is InChI=1S/C11H25NO2/c1-2-3-4-5-6-7-8-9-10(12)11(13)14/h10-11,13-14H,2-9,12H2,1H3. The molecule has 1 atom stereocenters. The highest BCUT2D eigenvalue weighted by molar-refractivity contribution is 4.62. The molecule has 14 heavy (non-hydrogen) atoms. The second-order valence-electron chi connectivity index (χ2n) is 3.99. The van der Waals surface area contributed by atoms with Crippen LogP contribution in [0, 0.1) is 0 Å². The van der Waals surface area contributed by atoms with Gasteiger partial charge in [0, 0.05) is 0 Å². The largest absolute Gasteiger partial charge is 0.367 e. The number of nitrogens with two attached hydrogens (primary N) is 1. The Morgan fingerprint density at radius 1 is 0.929 bits per heavy atom. The SMILES string of the molecule is CCCCCCCCCC(N)C(O)O. The zero-order valence-electron chi connectivity index (χ0n) is 9.28. The van der Waals surface area contributed by atoms with Crippen LogP contribution in [0.3, 0.4) is 0 Å². The summed E-state index contributed by atoms with van der Waals surface area (Å²) in [6.07, 6.45) is 8.00. The lowest BCUT2D eigenvalue weighted by Crippen LogP contribution is -2.34. The van der Waals surface area contributed by atoms with Crippen LogP contribution in [0.15, 0.2) is 0 Å². The molecule has 0 spiro atoms. The first kappa shape index (κ1) is 13.9. The summed E-state index contributed by atoms with van der Waals surface area (Å²) in [7, 11) is 0. The molecular formula is C11H25NO2. The van der Waals surface area contributed by atoms with Crippen molar-refractivity contribution in [2.45, 2.75) is 70.6 Å². The topological polar surface area (TPSA) is 66.5 Å². The first-order valence-electron chi connectivity index (χ1n) is 5.80. The molecule has 0 aromatic rings. The van der Waals surface area contributed by atoms with E-state index in [1.54, 1.807) is 0 Å². The van der Waals surface area contributed by atoms with Gasteiger partial charge in [0.2, 0.25) is 0 Å². The van der Waals surface area contributed by atoms with Crippen LogP contribution in [-0.2, 0) is 0 Å². The number of aliphatic hydroxyl groups is 2. The second-order valence-corrected chi connectivity index (χ2v) is 3.99. The van der Waals surface area contributed by atoms with Crippen LogP contribution in [-0.4, -0.2) is 22.5 Å². The monoisotopic (exact) mass is 203 g/mol. The molecule has 0 bridgehead atoms. The Kier molecular flexibility index (Phi) is 9.35. The van der Waals surface area contributed by atoms with Gasteiger partial charge in [0.1, 0.15) is 0 Å². The van der Waals surface area contributed by atoms with Gasteiger partial charge in [-0.1, -0.05) is 51.9 Å². The molecule has 0 heterocycles. The molecule has 0 saturated heterocycles. The van der Waals surface area contributed by atoms with Crippen molar-refractivity contribution in [2.24, 2.45) is 5.73 Å². The molecule has 0 amide bonds. The summed E-state index contributed by atoms with van der Waals surface area (Å²) in [5, 5.41) is 17.4. The van der Waals surface area contributed by atoms with Gasteiger partial charge in [-0.2, -0.15) is 0 Å². The van der Waals surface area contributed by atoms with Gasteiger partial charge in [-0.25, -0.2) is 0 Å². The quantitative estimate of drug-likeness (QED) is 0.395. The Balaban J connectivity index is 3.06. The number of aliphatic hydroxyl groups excluding tert-OH is 1. The van der Waals surface area contributed by atoms with Crippen molar-refractivity contribution in [1.29, 1.82) is 0 Å². The Bertz CT molecular complexity index is 118. The fourth-order valence-electron chi connectivity index (χ4n) is 1.49. The van der Waals surface area contributed by atoms with Gasteiger partial charge >= 0.3 is 0 Å². The molecule has 0 rings (SSSR count). The van der Waals surface area contributed by atoms with E-state index < -0.39 is 12.3 Å². The number of unbranched alkanes of at least 4 members (excludes halogenated alkanes) is 6. The van der Waals surface area contributed by atoms with Crippen LogP contribution in [0.4, 0.5) is 0 Å². The molecule has 4 N–H and O–H groups in total. The molecule has 0 aromatic carbocycles. The lowest BCUT2D eigenvalue weighted by Gasteiger charge is -2.12. The van der Waals surface area contributed by atoms with E-state index in [-0.39, 0.29) is 0 Å². The van der Waals surface area contributed by atoms with E-state index in [1.807, 2.05) is 0 Å². The van der Waals surface area contributed by atoms with Crippen molar-refractivity contribution in [3.63, 3.8) is 0 Å². The summed E-state index contributed by atoms with van der Waals surface area (Å²) in [6.45, 7) is 2.21. The summed E-state index contributed by atoms with van der Waals surface area (Å²) in [4.78, 5) is 0. The van der Waals surface area contributed by atoms with Crippen LogP contribution in [0.5, 0.6) is 0 Å². The van der Waals surface area contributed by atoms with Crippen LogP contribution >= 0.6 is 0 Å². The van der Waals surface area contributed by atoms with E-state index in [9.17, 15) is 0 Å². The molecular weight excluding hydrogens is 178 g/mol. The van der Waals surface area contributed by atoms with Gasteiger partial charge in [0.15, 0.2) is 6.29 Å². The molecule has 1 unspecified atom stereocenters. The number of rotatable bonds is 9. The Labute approximate surface area is 87.3 Å². The predicted molar refractivity (Wildman–Crippen MR) is 58.8 cm³/mol. The molecule has 86 valence electrons. The zero-order valence-corrected chi connectivity index (χ0v) is 9.28. The maximum Gasteiger partial charge on any atom is 0.166 e. The normalized spacial score (nSPS) is 13.5. The average Bonchev–Trinajstić information content (AvgIpc) is 2.16. The third kappa shape index (κ3) is 8.48. The maximum atomic E-state index is 8.72. The summed E-state index contributed by atoms with van der Waals surface area (Å²) in [5.74, 6) is 0. The van der Waals surface area contributed by atoms with Crippen molar-refractivity contribution in [2.75, 3.05) is 0 Å². The highest BCUT2D eigenvalue weighted by atomic mass is 16.5. The van der Waals surface area contributed by atoms with E-state index in [4.69, 9.17) is 15.9 Å². The first-order chi connectivity index (χ1) is 6.68. The van der Waals surface area contributed by atoms with E-state index in [0.717, 1.165) is 12.8 Å². The molecule has 0 radical (unpaired) electrons. The Morgan fingerprint density at radius 2 is 1.43 bits per heavy atom. The van der Waals surface area contributed by atoms with Crippen molar-refractivity contribution >= 4 is 0 Å². The predicted octanol–water partition coefficient (Wildman–Crippen LogP) is 1.77. The molecule has 0 fully saturated rings. The average molecular weight is 203 g/mol. The van der Waals surface area contributed by atoms with Crippen LogP contribution in [0.25, 0.3) is 0 Å². The van der Waals surface area contributed by atoms with E-state index in [0.29, 0.717) is 6.42 Å². The summed E-state index contributed by atoms with van der Waals surface area (Å²) >= 11 is 0. The Hall–Kier alpha value is -0.120. The fraction of sp³-hybridized carbons (Fsp3) is 1.00. The van der Waals surface area contributed by atoms with Gasteiger partial charge in [-0.3, -0.25) is 0 Å². The minimum absolute atomic E-state index is 0.467. The number of hydrogen-bond acceptors (Lipinski definition) is 3. The van der Waals surface area contributed by atoms with E-state index in [2.05, 4.69) is 6.92 Å². The van der Waals surface area contributed by atoms with Gasteiger partial charge in [0.25, 0.3) is 0 Å². The van der Waals surface area contributed by atoms with Gasteiger partial charge < -0.3 is 15.9 Å². The molecule has 3 heteroatoms. The second kappa shape index (κ2) is 9.44. The fourth-order valence-corrected chi connectivity index (χ4v) is 1.49. The molecule has 0 aliphatic rings. The first-order valence-corrected chi connectivity index (χ1v) is 5.80.